The summed E-state index contributed by atoms with van der Waals surface area (Å²) in [5.41, 5.74) is 2.45. The largest absolute Gasteiger partial charge is 0.493 e. The number of fused-ring (bicyclic) bond motifs is 2. The van der Waals surface area contributed by atoms with Crippen molar-refractivity contribution in [3.8, 4) is 5.75 Å². The zero-order valence-electron chi connectivity index (χ0n) is 14.5. The third kappa shape index (κ3) is 3.04. The number of nitrogens with zero attached hydrogens (tertiary/aromatic N) is 2. The minimum absolute atomic E-state index is 0.115. The summed E-state index contributed by atoms with van der Waals surface area (Å²) < 4.78 is 7.61. The molecule has 3 aromatic rings. The molecule has 5 nitrogen and oxygen atoms in total. The highest BCUT2D eigenvalue weighted by atomic mass is 35.5. The standard InChI is InChI=1S/C19H18ClN3O2S/c1-23-15-8-12(20)4-3-11(15)7-16(23)19(24)22-14-5-6-25-17-9-18(26-2)21-10-13(14)17/h3-4,7-10,14H,5-6H2,1-2H3,(H,22,24). The fourth-order valence-electron chi connectivity index (χ4n) is 3.27. The van der Waals surface area contributed by atoms with Crippen molar-refractivity contribution in [3.05, 3.63) is 52.8 Å². The average Bonchev–Trinajstić information content (AvgIpc) is 2.98. The number of aromatic nitrogens is 2. The van der Waals surface area contributed by atoms with Crippen LogP contribution in [-0.2, 0) is 7.05 Å². The first kappa shape index (κ1) is 17.2. The van der Waals surface area contributed by atoms with Crippen LogP contribution in [0.5, 0.6) is 5.75 Å². The van der Waals surface area contributed by atoms with Gasteiger partial charge in [0.1, 0.15) is 11.4 Å². The van der Waals surface area contributed by atoms with Gasteiger partial charge in [-0.15, -0.1) is 11.8 Å². The molecule has 2 aromatic heterocycles. The van der Waals surface area contributed by atoms with E-state index in [-0.39, 0.29) is 11.9 Å². The fraction of sp³-hybridized carbons (Fsp3) is 0.263. The molecule has 1 unspecified atom stereocenters. The number of pyridine rings is 1. The van der Waals surface area contributed by atoms with Gasteiger partial charge in [0.15, 0.2) is 0 Å². The molecule has 1 atom stereocenters. The SMILES string of the molecule is CSc1cc2c(cn1)C(NC(=O)c1cc3ccc(Cl)cc3n1C)CCO2. The maximum Gasteiger partial charge on any atom is 0.268 e. The molecule has 1 aliphatic rings. The number of carbonyl (C=O) groups excluding carboxylic acids is 1. The summed E-state index contributed by atoms with van der Waals surface area (Å²) in [6.07, 6.45) is 4.49. The molecule has 1 N–H and O–H groups in total. The average molecular weight is 388 g/mol. The van der Waals surface area contributed by atoms with Crippen molar-refractivity contribution < 1.29 is 9.53 Å². The summed E-state index contributed by atoms with van der Waals surface area (Å²) in [5.74, 6) is 0.677. The van der Waals surface area contributed by atoms with E-state index in [9.17, 15) is 4.79 Å². The van der Waals surface area contributed by atoms with Gasteiger partial charge in [0.2, 0.25) is 0 Å². The molecule has 3 heterocycles. The van der Waals surface area contributed by atoms with Crippen LogP contribution in [0, 0.1) is 0 Å². The summed E-state index contributed by atoms with van der Waals surface area (Å²) in [7, 11) is 1.87. The third-order valence-corrected chi connectivity index (χ3v) is 5.54. The molecule has 0 saturated heterocycles. The van der Waals surface area contributed by atoms with E-state index in [0.29, 0.717) is 17.3 Å². The van der Waals surface area contributed by atoms with E-state index in [4.69, 9.17) is 16.3 Å². The summed E-state index contributed by atoms with van der Waals surface area (Å²) in [5, 5.41) is 5.67. The van der Waals surface area contributed by atoms with Gasteiger partial charge in [-0.3, -0.25) is 4.79 Å². The van der Waals surface area contributed by atoms with E-state index < -0.39 is 0 Å². The molecular formula is C19H18ClN3O2S. The van der Waals surface area contributed by atoms with Crippen molar-refractivity contribution in [2.24, 2.45) is 7.05 Å². The Bertz CT molecular complexity index is 1000. The minimum Gasteiger partial charge on any atom is -0.493 e. The van der Waals surface area contributed by atoms with Gasteiger partial charge in [0, 0.05) is 47.2 Å². The number of aryl methyl sites for hydroxylation is 1. The molecule has 0 radical (unpaired) electrons. The van der Waals surface area contributed by atoms with E-state index in [1.54, 1.807) is 18.0 Å². The highest BCUT2D eigenvalue weighted by Gasteiger charge is 2.25. The highest BCUT2D eigenvalue weighted by molar-refractivity contribution is 7.98. The molecule has 1 aliphatic heterocycles. The quantitative estimate of drug-likeness (QED) is 0.684. The van der Waals surface area contributed by atoms with Crippen molar-refractivity contribution in [2.45, 2.75) is 17.5 Å². The summed E-state index contributed by atoms with van der Waals surface area (Å²) in [6.45, 7) is 0.570. The van der Waals surface area contributed by atoms with E-state index in [1.165, 1.54) is 0 Å². The monoisotopic (exact) mass is 387 g/mol. The van der Waals surface area contributed by atoms with Gasteiger partial charge in [0.25, 0.3) is 5.91 Å². The lowest BCUT2D eigenvalue weighted by atomic mass is 10.0. The van der Waals surface area contributed by atoms with Gasteiger partial charge in [-0.25, -0.2) is 4.98 Å². The number of amides is 1. The van der Waals surface area contributed by atoms with Crippen LogP contribution in [0.15, 0.2) is 41.6 Å². The molecule has 26 heavy (non-hydrogen) atoms. The van der Waals surface area contributed by atoms with Gasteiger partial charge < -0.3 is 14.6 Å². The van der Waals surface area contributed by atoms with Crippen LogP contribution in [0.2, 0.25) is 5.02 Å². The Labute approximate surface area is 160 Å². The Kier molecular flexibility index (Phi) is 4.54. The van der Waals surface area contributed by atoms with Gasteiger partial charge in [0.05, 0.1) is 17.7 Å². The Morgan fingerprint density at radius 3 is 3.04 bits per heavy atom. The maximum absolute atomic E-state index is 12.9. The lowest BCUT2D eigenvalue weighted by Crippen LogP contribution is -2.33. The van der Waals surface area contributed by atoms with Crippen LogP contribution in [0.3, 0.4) is 0 Å². The number of ether oxygens (including phenoxy) is 1. The fourth-order valence-corrected chi connectivity index (χ4v) is 3.82. The predicted octanol–water partition coefficient (Wildman–Crippen LogP) is 4.20. The van der Waals surface area contributed by atoms with Crippen molar-refractivity contribution in [1.29, 1.82) is 0 Å². The summed E-state index contributed by atoms with van der Waals surface area (Å²) >= 11 is 7.65. The second kappa shape index (κ2) is 6.85. The maximum atomic E-state index is 12.9. The Balaban J connectivity index is 1.63. The summed E-state index contributed by atoms with van der Waals surface area (Å²) in [4.78, 5) is 17.3. The molecule has 0 aliphatic carbocycles. The zero-order valence-corrected chi connectivity index (χ0v) is 16.0. The van der Waals surface area contributed by atoms with Gasteiger partial charge >= 0.3 is 0 Å². The van der Waals surface area contributed by atoms with Crippen LogP contribution < -0.4 is 10.1 Å². The summed E-state index contributed by atoms with van der Waals surface area (Å²) in [6, 6.07) is 9.32. The zero-order chi connectivity index (χ0) is 18.3. The van der Waals surface area contributed by atoms with Crippen molar-refractivity contribution in [2.75, 3.05) is 12.9 Å². The molecular weight excluding hydrogens is 370 g/mol. The smallest absolute Gasteiger partial charge is 0.268 e. The van der Waals surface area contributed by atoms with Crippen LogP contribution in [-0.4, -0.2) is 28.3 Å². The van der Waals surface area contributed by atoms with E-state index >= 15 is 0 Å². The third-order valence-electron chi connectivity index (χ3n) is 4.66. The number of nitrogens with one attached hydrogen (secondary N) is 1. The first-order chi connectivity index (χ1) is 12.6. The highest BCUT2D eigenvalue weighted by Crippen LogP contribution is 2.34. The van der Waals surface area contributed by atoms with Crippen molar-refractivity contribution in [3.63, 3.8) is 0 Å². The molecule has 0 fully saturated rings. The number of carbonyl (C=O) groups is 1. The first-order valence-electron chi connectivity index (χ1n) is 8.29. The van der Waals surface area contributed by atoms with Crippen LogP contribution >= 0.6 is 23.4 Å². The van der Waals surface area contributed by atoms with E-state index in [0.717, 1.165) is 33.7 Å². The minimum atomic E-state index is -0.119. The van der Waals surface area contributed by atoms with E-state index in [1.807, 2.05) is 48.2 Å². The molecule has 4 rings (SSSR count). The molecule has 1 aromatic carbocycles. The number of rotatable bonds is 3. The Morgan fingerprint density at radius 2 is 2.23 bits per heavy atom. The number of halogens is 1. The number of hydrogen-bond acceptors (Lipinski definition) is 4. The Hall–Kier alpha value is -2.18. The number of hydrogen-bond donors (Lipinski definition) is 1. The molecule has 1 amide bonds. The lowest BCUT2D eigenvalue weighted by molar-refractivity contribution is 0.0916. The molecule has 0 bridgehead atoms. The van der Waals surface area contributed by atoms with Crippen LogP contribution in [0.25, 0.3) is 10.9 Å². The topological polar surface area (TPSA) is 56.2 Å². The second-order valence-corrected chi connectivity index (χ2v) is 7.48. The predicted molar refractivity (Wildman–Crippen MR) is 104 cm³/mol. The second-order valence-electron chi connectivity index (χ2n) is 6.22. The molecule has 134 valence electrons. The van der Waals surface area contributed by atoms with Gasteiger partial charge in [-0.05, 0) is 24.5 Å². The number of benzene rings is 1. The first-order valence-corrected chi connectivity index (χ1v) is 9.89. The molecule has 7 heteroatoms. The molecule has 0 saturated carbocycles. The number of thioether (sulfide) groups is 1. The normalized spacial score (nSPS) is 16.2. The van der Waals surface area contributed by atoms with Crippen LogP contribution in [0.1, 0.15) is 28.5 Å². The van der Waals surface area contributed by atoms with Crippen LogP contribution in [0.4, 0.5) is 0 Å². The molecule has 0 spiro atoms. The van der Waals surface area contributed by atoms with Gasteiger partial charge in [-0.2, -0.15) is 0 Å². The lowest BCUT2D eigenvalue weighted by Gasteiger charge is -2.26. The van der Waals surface area contributed by atoms with Crippen molar-refractivity contribution in [1.82, 2.24) is 14.9 Å². The Morgan fingerprint density at radius 1 is 1.38 bits per heavy atom. The van der Waals surface area contributed by atoms with E-state index in [2.05, 4.69) is 10.3 Å². The van der Waals surface area contributed by atoms with Gasteiger partial charge in [-0.1, -0.05) is 17.7 Å². The van der Waals surface area contributed by atoms with Crippen molar-refractivity contribution >= 4 is 40.2 Å².